The van der Waals surface area contributed by atoms with E-state index in [-0.39, 0.29) is 6.04 Å². The molecule has 4 rings (SSSR count). The van der Waals surface area contributed by atoms with E-state index in [9.17, 15) is 9.59 Å². The van der Waals surface area contributed by atoms with Gasteiger partial charge in [0.15, 0.2) is 0 Å². The van der Waals surface area contributed by atoms with Crippen molar-refractivity contribution in [2.24, 2.45) is 0 Å². The van der Waals surface area contributed by atoms with Crippen LogP contribution in [0, 0.1) is 0 Å². The highest BCUT2D eigenvalue weighted by atomic mass is 16.5. The Balaban J connectivity index is 1.64. The number of rotatable bonds is 2. The van der Waals surface area contributed by atoms with E-state index < -0.39 is 11.7 Å². The summed E-state index contributed by atoms with van der Waals surface area (Å²) in [6.45, 7) is 0. The van der Waals surface area contributed by atoms with Gasteiger partial charge >= 0.3 is 11.7 Å². The van der Waals surface area contributed by atoms with Gasteiger partial charge in [-0.2, -0.15) is 0 Å². The highest BCUT2D eigenvalue weighted by Gasteiger charge is 2.25. The third-order valence-electron chi connectivity index (χ3n) is 4.34. The predicted octanol–water partition coefficient (Wildman–Crippen LogP) is 3.35. The second-order valence-corrected chi connectivity index (χ2v) is 5.84. The van der Waals surface area contributed by atoms with Crippen molar-refractivity contribution in [2.75, 3.05) is 0 Å². The molecule has 1 aromatic heterocycles. The fourth-order valence-corrected chi connectivity index (χ4v) is 3.21. The lowest BCUT2D eigenvalue weighted by molar-refractivity contribution is 0.204. The van der Waals surface area contributed by atoms with Crippen LogP contribution in [0.2, 0.25) is 0 Å². The Morgan fingerprint density at radius 2 is 1.83 bits per heavy atom. The molecule has 120 valence electrons. The van der Waals surface area contributed by atoms with Crippen LogP contribution in [0.4, 0.5) is 4.79 Å². The van der Waals surface area contributed by atoms with Crippen LogP contribution in [0.15, 0.2) is 70.0 Å². The Morgan fingerprint density at radius 3 is 2.67 bits per heavy atom. The first-order valence-electron chi connectivity index (χ1n) is 7.90. The Bertz CT molecular complexity index is 941. The van der Waals surface area contributed by atoms with Gasteiger partial charge in [0.25, 0.3) is 0 Å². The summed E-state index contributed by atoms with van der Waals surface area (Å²) in [5.41, 5.74) is 3.03. The summed E-state index contributed by atoms with van der Waals surface area (Å²) >= 11 is 0. The predicted molar refractivity (Wildman–Crippen MR) is 89.8 cm³/mol. The van der Waals surface area contributed by atoms with Crippen LogP contribution < -0.4 is 10.9 Å². The number of nitrogens with zero attached hydrogens (tertiary/aromatic N) is 1. The molecule has 0 radical (unpaired) electrons. The third-order valence-corrected chi connectivity index (χ3v) is 4.34. The Kier molecular flexibility index (Phi) is 3.54. The summed E-state index contributed by atoms with van der Waals surface area (Å²) in [6.07, 6.45) is 1.78. The topological polar surface area (TPSA) is 64.2 Å². The number of carbonyl (C=O) groups excluding carboxylic acids is 1. The summed E-state index contributed by atoms with van der Waals surface area (Å²) in [4.78, 5) is 24.3. The highest BCUT2D eigenvalue weighted by molar-refractivity contribution is 5.81. The molecule has 0 bridgehead atoms. The van der Waals surface area contributed by atoms with Crippen molar-refractivity contribution < 1.29 is 9.32 Å². The van der Waals surface area contributed by atoms with Gasteiger partial charge < -0.3 is 9.84 Å². The normalized spacial score (nSPS) is 15.9. The molecule has 1 heterocycles. The molecule has 1 N–H and O–H groups in total. The van der Waals surface area contributed by atoms with Crippen molar-refractivity contribution in [1.82, 2.24) is 10.1 Å². The lowest BCUT2D eigenvalue weighted by Gasteiger charge is -2.14. The van der Waals surface area contributed by atoms with Crippen LogP contribution in [0.3, 0.4) is 0 Å². The monoisotopic (exact) mass is 320 g/mol. The first kappa shape index (κ1) is 14.5. The number of aromatic nitrogens is 1. The van der Waals surface area contributed by atoms with E-state index in [4.69, 9.17) is 4.52 Å². The number of fused-ring (bicyclic) bond motifs is 1. The van der Waals surface area contributed by atoms with Crippen LogP contribution >= 0.6 is 0 Å². The SMILES string of the molecule is O=C(N[C@H]1CCc2ccccc21)n1oc(=O)cc1-c1ccccc1. The van der Waals surface area contributed by atoms with Gasteiger partial charge in [0.05, 0.1) is 12.1 Å². The van der Waals surface area contributed by atoms with E-state index >= 15 is 0 Å². The summed E-state index contributed by atoms with van der Waals surface area (Å²) in [5, 5.41) is 2.97. The molecule has 0 unspecified atom stereocenters. The van der Waals surface area contributed by atoms with Crippen molar-refractivity contribution in [3.05, 3.63) is 82.2 Å². The highest BCUT2D eigenvalue weighted by Crippen LogP contribution is 2.31. The van der Waals surface area contributed by atoms with E-state index in [1.807, 2.05) is 48.5 Å². The lowest BCUT2D eigenvalue weighted by atomic mass is 10.1. The van der Waals surface area contributed by atoms with Gasteiger partial charge in [-0.1, -0.05) is 54.6 Å². The van der Waals surface area contributed by atoms with Gasteiger partial charge in [-0.3, -0.25) is 0 Å². The van der Waals surface area contributed by atoms with Crippen LogP contribution in [0.1, 0.15) is 23.6 Å². The van der Waals surface area contributed by atoms with Gasteiger partial charge in [0.2, 0.25) is 0 Å². The second-order valence-electron chi connectivity index (χ2n) is 5.84. The number of benzene rings is 2. The molecular weight excluding hydrogens is 304 g/mol. The number of carbonyl (C=O) groups is 1. The van der Waals surface area contributed by atoms with Gasteiger partial charge in [0.1, 0.15) is 5.69 Å². The minimum absolute atomic E-state index is 0.0648. The molecule has 1 amide bonds. The van der Waals surface area contributed by atoms with E-state index in [0.29, 0.717) is 5.69 Å². The van der Waals surface area contributed by atoms with E-state index in [1.165, 1.54) is 11.6 Å². The minimum atomic E-state index is -0.546. The van der Waals surface area contributed by atoms with Crippen molar-refractivity contribution in [3.63, 3.8) is 0 Å². The molecule has 1 atom stereocenters. The summed E-state index contributed by atoms with van der Waals surface area (Å²) in [6, 6.07) is 18.1. The third kappa shape index (κ3) is 2.54. The molecular formula is C19H16N2O3. The molecule has 1 aliphatic rings. The van der Waals surface area contributed by atoms with Crippen molar-refractivity contribution in [2.45, 2.75) is 18.9 Å². The van der Waals surface area contributed by atoms with Crippen molar-refractivity contribution in [1.29, 1.82) is 0 Å². The van der Waals surface area contributed by atoms with Crippen molar-refractivity contribution >= 4 is 6.03 Å². The average molecular weight is 320 g/mol. The molecule has 1 aliphatic carbocycles. The lowest BCUT2D eigenvalue weighted by Crippen LogP contribution is -2.31. The molecule has 0 saturated heterocycles. The number of hydrogen-bond donors (Lipinski definition) is 1. The van der Waals surface area contributed by atoms with Gasteiger partial charge in [0, 0.05) is 5.56 Å². The van der Waals surface area contributed by atoms with Crippen molar-refractivity contribution in [3.8, 4) is 11.3 Å². The summed E-state index contributed by atoms with van der Waals surface area (Å²) in [5.74, 6) is 0. The molecule has 5 nitrogen and oxygen atoms in total. The fraction of sp³-hybridized carbons (Fsp3) is 0.158. The fourth-order valence-electron chi connectivity index (χ4n) is 3.21. The van der Waals surface area contributed by atoms with Gasteiger partial charge in [-0.25, -0.2) is 9.59 Å². The molecule has 5 heteroatoms. The zero-order valence-corrected chi connectivity index (χ0v) is 12.9. The first-order valence-corrected chi connectivity index (χ1v) is 7.90. The van der Waals surface area contributed by atoms with E-state index in [2.05, 4.69) is 11.4 Å². The Hall–Kier alpha value is -3.08. The van der Waals surface area contributed by atoms with E-state index in [1.54, 1.807) is 0 Å². The Morgan fingerprint density at radius 1 is 1.08 bits per heavy atom. The minimum Gasteiger partial charge on any atom is -0.328 e. The number of hydrogen-bond acceptors (Lipinski definition) is 3. The zero-order valence-electron chi connectivity index (χ0n) is 12.9. The maximum absolute atomic E-state index is 12.6. The molecule has 0 spiro atoms. The van der Waals surface area contributed by atoms with Crippen LogP contribution in [0.25, 0.3) is 11.3 Å². The smallest absolute Gasteiger partial charge is 0.328 e. The first-order chi connectivity index (χ1) is 11.7. The molecule has 0 aliphatic heterocycles. The van der Waals surface area contributed by atoms with Crippen LogP contribution in [-0.4, -0.2) is 10.8 Å². The zero-order chi connectivity index (χ0) is 16.5. The second kappa shape index (κ2) is 5.85. The Labute approximate surface area is 138 Å². The number of aryl methyl sites for hydroxylation is 1. The van der Waals surface area contributed by atoms with Gasteiger partial charge in [-0.05, 0) is 24.0 Å². The number of amides is 1. The largest absolute Gasteiger partial charge is 0.358 e. The molecule has 0 fully saturated rings. The quantitative estimate of drug-likeness (QED) is 0.787. The average Bonchev–Trinajstić information content (AvgIpc) is 3.20. The number of nitrogens with one attached hydrogen (secondary N) is 1. The molecule has 3 aromatic rings. The van der Waals surface area contributed by atoms with Crippen LogP contribution in [0.5, 0.6) is 0 Å². The van der Waals surface area contributed by atoms with Gasteiger partial charge in [-0.15, -0.1) is 4.74 Å². The molecule has 0 saturated carbocycles. The summed E-state index contributed by atoms with van der Waals surface area (Å²) in [7, 11) is 0. The maximum atomic E-state index is 12.6. The standard InChI is InChI=1S/C19H16N2O3/c22-18-12-17(14-7-2-1-3-8-14)21(24-18)19(23)20-16-11-10-13-6-4-5-9-15(13)16/h1-9,12,16H,10-11H2,(H,20,23)/t16-/m0/s1. The van der Waals surface area contributed by atoms with E-state index in [0.717, 1.165) is 28.7 Å². The molecule has 24 heavy (non-hydrogen) atoms. The summed E-state index contributed by atoms with van der Waals surface area (Å²) < 4.78 is 6.12. The van der Waals surface area contributed by atoms with Crippen LogP contribution in [-0.2, 0) is 6.42 Å². The molecule has 2 aromatic carbocycles. The maximum Gasteiger partial charge on any atom is 0.358 e.